The van der Waals surface area contributed by atoms with Gasteiger partial charge in [0.1, 0.15) is 0 Å². The number of likely N-dealkylation sites (N-methyl/N-ethyl adjacent to an activating group) is 1. The second-order valence-electron chi connectivity index (χ2n) is 9.00. The van der Waals surface area contributed by atoms with E-state index in [-0.39, 0.29) is 17.4 Å². The molecular weight excluding hydrogens is 354 g/mol. The molecule has 1 aliphatic heterocycles. The molecule has 1 fully saturated rings. The van der Waals surface area contributed by atoms with Crippen LogP contribution in [0.25, 0.3) is 0 Å². The third kappa shape index (κ3) is 4.83. The molecule has 0 unspecified atom stereocenters. The third-order valence-corrected chi connectivity index (χ3v) is 5.96. The molecule has 0 aromatic heterocycles. The summed E-state index contributed by atoms with van der Waals surface area (Å²) in [6, 6.07) is 9.18. The van der Waals surface area contributed by atoms with Gasteiger partial charge < -0.3 is 19.5 Å². The van der Waals surface area contributed by atoms with Crippen LogP contribution in [0.4, 0.5) is 0 Å². The van der Waals surface area contributed by atoms with Crippen molar-refractivity contribution in [2.75, 3.05) is 20.3 Å². The predicted molar refractivity (Wildman–Crippen MR) is 109 cm³/mol. The maximum Gasteiger partial charge on any atom is 0.226 e. The number of hydrogen-bond acceptors (Lipinski definition) is 4. The molecule has 5 heteroatoms. The van der Waals surface area contributed by atoms with Crippen molar-refractivity contribution in [3.05, 3.63) is 47.5 Å². The molecule has 2 atom stereocenters. The highest BCUT2D eigenvalue weighted by Crippen LogP contribution is 2.39. The maximum absolute atomic E-state index is 12.8. The van der Waals surface area contributed by atoms with Crippen LogP contribution in [0.2, 0.25) is 0 Å². The monoisotopic (exact) mass is 387 g/mol. The lowest BCUT2D eigenvalue weighted by Gasteiger charge is -2.45. The molecule has 0 saturated carbocycles. The van der Waals surface area contributed by atoms with Crippen LogP contribution >= 0.6 is 0 Å². The van der Waals surface area contributed by atoms with Crippen LogP contribution in [0.1, 0.15) is 58.1 Å². The Morgan fingerprint density at radius 1 is 1.21 bits per heavy atom. The van der Waals surface area contributed by atoms with E-state index in [0.29, 0.717) is 26.1 Å². The van der Waals surface area contributed by atoms with Crippen molar-refractivity contribution in [1.82, 2.24) is 4.90 Å². The van der Waals surface area contributed by atoms with Crippen LogP contribution in [-0.2, 0) is 14.3 Å². The quantitative estimate of drug-likeness (QED) is 0.780. The minimum Gasteiger partial charge on any atom is -0.386 e. The first-order valence-electron chi connectivity index (χ1n) is 10.2. The molecule has 1 aromatic carbocycles. The molecule has 28 heavy (non-hydrogen) atoms. The zero-order valence-corrected chi connectivity index (χ0v) is 17.5. The molecule has 1 amide bonds. The summed E-state index contributed by atoms with van der Waals surface area (Å²) in [6.07, 6.45) is 4.06. The van der Waals surface area contributed by atoms with Crippen LogP contribution in [0.5, 0.6) is 0 Å². The zero-order valence-electron chi connectivity index (χ0n) is 17.5. The molecule has 1 aliphatic carbocycles. The maximum atomic E-state index is 12.8. The summed E-state index contributed by atoms with van der Waals surface area (Å²) in [7, 11) is 1.76. The second kappa shape index (κ2) is 8.36. The van der Waals surface area contributed by atoms with Crippen molar-refractivity contribution in [2.45, 2.75) is 64.4 Å². The number of ether oxygens (including phenoxy) is 2. The highest BCUT2D eigenvalue weighted by molar-refractivity contribution is 5.78. The van der Waals surface area contributed by atoms with E-state index in [1.165, 1.54) is 0 Å². The number of rotatable bonds is 5. The van der Waals surface area contributed by atoms with Gasteiger partial charge in [0.05, 0.1) is 25.4 Å². The number of nitrogens with zero attached hydrogens (tertiary/aromatic N) is 1. The minimum absolute atomic E-state index is 0.0243. The molecule has 1 aromatic rings. The van der Waals surface area contributed by atoms with E-state index in [4.69, 9.17) is 9.47 Å². The van der Waals surface area contributed by atoms with Gasteiger partial charge in [-0.25, -0.2) is 0 Å². The first-order valence-corrected chi connectivity index (χ1v) is 10.2. The predicted octanol–water partition coefficient (Wildman–Crippen LogP) is 3.84. The number of aliphatic hydroxyl groups excluding tert-OH is 1. The highest BCUT2D eigenvalue weighted by atomic mass is 16.7. The molecule has 0 radical (unpaired) electrons. The van der Waals surface area contributed by atoms with Crippen LogP contribution in [0, 0.1) is 5.41 Å². The lowest BCUT2D eigenvalue weighted by atomic mass is 9.88. The Bertz CT molecular complexity index is 703. The van der Waals surface area contributed by atoms with Gasteiger partial charge in [-0.15, -0.1) is 0 Å². The smallest absolute Gasteiger partial charge is 0.226 e. The highest BCUT2D eigenvalue weighted by Gasteiger charge is 2.41. The van der Waals surface area contributed by atoms with Crippen molar-refractivity contribution in [1.29, 1.82) is 0 Å². The molecule has 3 rings (SSSR count). The largest absolute Gasteiger partial charge is 0.386 e. The summed E-state index contributed by atoms with van der Waals surface area (Å²) >= 11 is 0. The van der Waals surface area contributed by atoms with Gasteiger partial charge in [0.25, 0.3) is 0 Å². The van der Waals surface area contributed by atoms with Crippen molar-refractivity contribution in [3.8, 4) is 0 Å². The molecule has 5 nitrogen and oxygen atoms in total. The second-order valence-corrected chi connectivity index (χ2v) is 9.00. The van der Waals surface area contributed by atoms with E-state index < -0.39 is 11.9 Å². The van der Waals surface area contributed by atoms with Crippen LogP contribution in [-0.4, -0.2) is 48.0 Å². The number of carbonyl (C=O) groups is 1. The van der Waals surface area contributed by atoms with Crippen molar-refractivity contribution >= 4 is 5.91 Å². The van der Waals surface area contributed by atoms with E-state index in [9.17, 15) is 9.90 Å². The van der Waals surface area contributed by atoms with Gasteiger partial charge in [0.15, 0.2) is 5.79 Å². The van der Waals surface area contributed by atoms with Gasteiger partial charge in [0, 0.05) is 31.7 Å². The van der Waals surface area contributed by atoms with Gasteiger partial charge in [-0.2, -0.15) is 0 Å². The fraction of sp³-hybridized carbons (Fsp3) is 0.609. The van der Waals surface area contributed by atoms with Gasteiger partial charge in [0.2, 0.25) is 5.91 Å². The van der Waals surface area contributed by atoms with E-state index in [2.05, 4.69) is 19.9 Å². The molecule has 1 spiro atoms. The lowest BCUT2D eigenvalue weighted by molar-refractivity contribution is -0.301. The first kappa shape index (κ1) is 21.0. The Morgan fingerprint density at radius 3 is 2.43 bits per heavy atom. The average Bonchev–Trinajstić information content (AvgIpc) is 2.71. The van der Waals surface area contributed by atoms with Crippen LogP contribution < -0.4 is 0 Å². The van der Waals surface area contributed by atoms with E-state index in [0.717, 1.165) is 24.0 Å². The lowest BCUT2D eigenvalue weighted by Crippen LogP contribution is -2.48. The van der Waals surface area contributed by atoms with Crippen molar-refractivity contribution < 1.29 is 19.4 Å². The zero-order chi connectivity index (χ0) is 20.4. The summed E-state index contributed by atoms with van der Waals surface area (Å²) < 4.78 is 12.1. The summed E-state index contributed by atoms with van der Waals surface area (Å²) in [4.78, 5) is 14.4. The SMILES string of the molecule is C[C@H]([C@H](O)c1ccccc1)N(C)C(=O)CC1=CCC2(CC1)OCC(C)(C)CO2. The normalized spacial score (nSPS) is 23.0. The van der Waals surface area contributed by atoms with Gasteiger partial charge in [-0.3, -0.25) is 4.79 Å². The Balaban J connectivity index is 1.55. The fourth-order valence-corrected chi connectivity index (χ4v) is 3.70. The van der Waals surface area contributed by atoms with Gasteiger partial charge >= 0.3 is 0 Å². The van der Waals surface area contributed by atoms with Crippen LogP contribution in [0.3, 0.4) is 0 Å². The number of benzene rings is 1. The van der Waals surface area contributed by atoms with E-state index in [1.54, 1.807) is 11.9 Å². The summed E-state index contributed by atoms with van der Waals surface area (Å²) in [6.45, 7) is 7.57. The van der Waals surface area contributed by atoms with Gasteiger partial charge in [-0.05, 0) is 18.9 Å². The Kier molecular flexibility index (Phi) is 6.28. The minimum atomic E-state index is -0.703. The molecule has 2 aliphatic rings. The standard InChI is InChI=1S/C23H33NO4/c1-17(21(26)19-8-6-5-7-9-19)24(4)20(25)14-18-10-12-23(13-11-18)27-15-22(2,3)16-28-23/h5-10,17,21,26H,11-16H2,1-4H3/t17-,21+/m1/s1. The van der Waals surface area contributed by atoms with Crippen molar-refractivity contribution in [3.63, 3.8) is 0 Å². The first-order chi connectivity index (χ1) is 13.2. The fourth-order valence-electron chi connectivity index (χ4n) is 3.70. The van der Waals surface area contributed by atoms with Crippen molar-refractivity contribution in [2.24, 2.45) is 5.41 Å². The number of carbonyl (C=O) groups excluding carboxylic acids is 1. The molecule has 154 valence electrons. The molecule has 1 saturated heterocycles. The molecule has 1 heterocycles. The number of hydrogen-bond donors (Lipinski definition) is 1. The number of amides is 1. The Labute approximate surface area is 168 Å². The topological polar surface area (TPSA) is 59.0 Å². The summed E-state index contributed by atoms with van der Waals surface area (Å²) in [5.74, 6) is -0.485. The van der Waals surface area contributed by atoms with Crippen LogP contribution in [0.15, 0.2) is 42.0 Å². The summed E-state index contributed by atoms with van der Waals surface area (Å²) in [5, 5.41) is 10.6. The average molecular weight is 388 g/mol. The number of aliphatic hydroxyl groups is 1. The Hall–Kier alpha value is -1.69. The van der Waals surface area contributed by atoms with Gasteiger partial charge in [-0.1, -0.05) is 55.8 Å². The Morgan fingerprint density at radius 2 is 1.86 bits per heavy atom. The summed E-state index contributed by atoms with van der Waals surface area (Å²) in [5.41, 5.74) is 2.01. The molecule has 0 bridgehead atoms. The molecule has 1 N–H and O–H groups in total. The third-order valence-electron chi connectivity index (χ3n) is 5.96. The van der Waals surface area contributed by atoms with E-state index in [1.807, 2.05) is 37.3 Å². The van der Waals surface area contributed by atoms with E-state index >= 15 is 0 Å². The molecular formula is C23H33NO4.